The molecule has 1 unspecified atom stereocenters. The van der Waals surface area contributed by atoms with Crippen LogP contribution in [0.1, 0.15) is 10.4 Å². The van der Waals surface area contributed by atoms with Crippen LogP contribution in [0.15, 0.2) is 12.3 Å². The number of anilines is 1. The number of carbonyl (C=O) groups excluding carboxylic acids is 2. The first-order valence-electron chi connectivity index (χ1n) is 5.38. The number of aromatic nitrogens is 1. The molecule has 0 saturated carbocycles. The third-order valence-electron chi connectivity index (χ3n) is 2.26. The Bertz CT molecular complexity index is 487. The Labute approximate surface area is 134 Å². The second-order valence-electron chi connectivity index (χ2n) is 3.70. The predicted molar refractivity (Wildman–Crippen MR) is 82.3 cm³/mol. The van der Waals surface area contributed by atoms with Crippen molar-refractivity contribution in [3.63, 3.8) is 0 Å². The van der Waals surface area contributed by atoms with Crippen molar-refractivity contribution in [3.05, 3.63) is 17.8 Å². The normalized spacial score (nSPS) is 10.6. The minimum atomic E-state index is -0.816. The van der Waals surface area contributed by atoms with E-state index < -0.39 is 17.9 Å². The van der Waals surface area contributed by atoms with Gasteiger partial charge >= 0.3 is 0 Å². The number of primary amides is 1. The van der Waals surface area contributed by atoms with Gasteiger partial charge in [-0.05, 0) is 6.07 Å². The van der Waals surface area contributed by atoms with Crippen LogP contribution in [-0.2, 0) is 9.53 Å². The molecule has 120 valence electrons. The second kappa shape index (κ2) is 10.2. The first kappa shape index (κ1) is 21.7. The van der Waals surface area contributed by atoms with E-state index in [0.717, 1.165) is 0 Å². The highest BCUT2D eigenvalue weighted by Gasteiger charge is 2.16. The number of nitrogens with zero attached hydrogens (tertiary/aromatic N) is 1. The molecule has 1 atom stereocenters. The van der Waals surface area contributed by atoms with Gasteiger partial charge in [-0.25, -0.2) is 4.98 Å². The van der Waals surface area contributed by atoms with Gasteiger partial charge in [0.15, 0.2) is 0 Å². The fraction of sp³-hybridized carbons (Fsp3) is 0.364. The number of amides is 2. The van der Waals surface area contributed by atoms with Gasteiger partial charge < -0.3 is 26.3 Å². The van der Waals surface area contributed by atoms with E-state index in [1.165, 1.54) is 26.5 Å². The molecule has 0 bridgehead atoms. The van der Waals surface area contributed by atoms with Gasteiger partial charge in [0.1, 0.15) is 11.6 Å². The standard InChI is InChI=1S/C11H16N4O4.2ClH/c1-18-5-8(12)10(17)15-6-3-7(9(13)16)11(19-2)14-4-6;;/h3-4,8H,5,12H2,1-2H3,(H2,13,16)(H,15,17);2*1H. The molecule has 8 nitrogen and oxygen atoms in total. The smallest absolute Gasteiger partial charge is 0.254 e. The SMILES string of the molecule is COCC(N)C(=O)Nc1cnc(OC)c(C(N)=O)c1.Cl.Cl. The number of nitrogens with one attached hydrogen (secondary N) is 1. The third-order valence-corrected chi connectivity index (χ3v) is 2.26. The maximum atomic E-state index is 11.6. The zero-order valence-electron chi connectivity index (χ0n) is 11.5. The highest BCUT2D eigenvalue weighted by atomic mass is 35.5. The monoisotopic (exact) mass is 340 g/mol. The number of hydrogen-bond acceptors (Lipinski definition) is 6. The van der Waals surface area contributed by atoms with E-state index in [0.29, 0.717) is 5.69 Å². The van der Waals surface area contributed by atoms with Gasteiger partial charge in [0, 0.05) is 7.11 Å². The Morgan fingerprint density at radius 3 is 2.48 bits per heavy atom. The molecule has 0 saturated heterocycles. The van der Waals surface area contributed by atoms with E-state index in [9.17, 15) is 9.59 Å². The van der Waals surface area contributed by atoms with Crippen LogP contribution < -0.4 is 21.5 Å². The van der Waals surface area contributed by atoms with E-state index in [-0.39, 0.29) is 42.9 Å². The molecule has 5 N–H and O–H groups in total. The number of pyridine rings is 1. The molecule has 0 aromatic carbocycles. The number of rotatable bonds is 6. The van der Waals surface area contributed by atoms with Crippen LogP contribution in [0, 0.1) is 0 Å². The van der Waals surface area contributed by atoms with Crippen molar-refractivity contribution < 1.29 is 19.1 Å². The molecule has 2 amide bonds. The van der Waals surface area contributed by atoms with Crippen molar-refractivity contribution in [2.75, 3.05) is 26.1 Å². The Balaban J connectivity index is 0. The maximum absolute atomic E-state index is 11.6. The molecule has 1 rings (SSSR count). The zero-order valence-corrected chi connectivity index (χ0v) is 13.1. The number of hydrogen-bond donors (Lipinski definition) is 3. The molecule has 0 aliphatic rings. The van der Waals surface area contributed by atoms with Gasteiger partial charge in [-0.1, -0.05) is 0 Å². The van der Waals surface area contributed by atoms with Crippen LogP contribution in [-0.4, -0.2) is 43.7 Å². The van der Waals surface area contributed by atoms with Gasteiger partial charge in [-0.3, -0.25) is 9.59 Å². The van der Waals surface area contributed by atoms with Gasteiger partial charge in [-0.2, -0.15) is 0 Å². The average Bonchev–Trinajstić information content (AvgIpc) is 2.38. The lowest BCUT2D eigenvalue weighted by Gasteiger charge is -2.12. The molecular formula is C11H18Cl2N4O4. The molecule has 0 fully saturated rings. The highest BCUT2D eigenvalue weighted by molar-refractivity contribution is 5.99. The first-order valence-corrected chi connectivity index (χ1v) is 5.38. The minimum absolute atomic E-state index is 0. The predicted octanol–water partition coefficient (Wildman–Crippen LogP) is -0.0551. The Kier molecular flexibility index (Phi) is 10.5. The van der Waals surface area contributed by atoms with Crippen molar-refractivity contribution in [2.45, 2.75) is 6.04 Å². The summed E-state index contributed by atoms with van der Waals surface area (Å²) in [6.07, 6.45) is 1.34. The summed E-state index contributed by atoms with van der Waals surface area (Å²) in [6.45, 7) is 0.0814. The lowest BCUT2D eigenvalue weighted by Crippen LogP contribution is -2.39. The van der Waals surface area contributed by atoms with Crippen LogP contribution >= 0.6 is 24.8 Å². The summed E-state index contributed by atoms with van der Waals surface area (Å²) in [4.78, 5) is 26.7. The zero-order chi connectivity index (χ0) is 14.4. The van der Waals surface area contributed by atoms with E-state index in [2.05, 4.69) is 10.3 Å². The number of carbonyl (C=O) groups is 2. The molecule has 0 aliphatic heterocycles. The van der Waals surface area contributed by atoms with Gasteiger partial charge in [0.25, 0.3) is 5.91 Å². The van der Waals surface area contributed by atoms with Crippen LogP contribution in [0.4, 0.5) is 5.69 Å². The molecule has 0 spiro atoms. The Morgan fingerprint density at radius 2 is 2.00 bits per heavy atom. The number of nitrogens with two attached hydrogens (primary N) is 2. The minimum Gasteiger partial charge on any atom is -0.480 e. The van der Waals surface area contributed by atoms with E-state index in [1.54, 1.807) is 0 Å². The number of ether oxygens (including phenoxy) is 2. The van der Waals surface area contributed by atoms with E-state index in [1.807, 2.05) is 0 Å². The lowest BCUT2D eigenvalue weighted by atomic mass is 10.2. The summed E-state index contributed by atoms with van der Waals surface area (Å²) in [5.74, 6) is -1.07. The molecule has 10 heteroatoms. The van der Waals surface area contributed by atoms with Gasteiger partial charge in [0.2, 0.25) is 11.8 Å². The lowest BCUT2D eigenvalue weighted by molar-refractivity contribution is -0.118. The van der Waals surface area contributed by atoms with Gasteiger partial charge in [0.05, 0.1) is 25.6 Å². The second-order valence-corrected chi connectivity index (χ2v) is 3.70. The quantitative estimate of drug-likeness (QED) is 0.665. The summed E-state index contributed by atoms with van der Waals surface area (Å²) < 4.78 is 9.65. The van der Waals surface area contributed by atoms with Crippen molar-refractivity contribution in [3.8, 4) is 5.88 Å². The largest absolute Gasteiger partial charge is 0.480 e. The molecular weight excluding hydrogens is 323 g/mol. The number of halogens is 2. The fourth-order valence-corrected chi connectivity index (χ4v) is 1.35. The summed E-state index contributed by atoms with van der Waals surface area (Å²) in [5.41, 5.74) is 11.1. The number of methoxy groups -OCH3 is 2. The summed E-state index contributed by atoms with van der Waals surface area (Å²) in [7, 11) is 2.80. The molecule has 0 aliphatic carbocycles. The molecule has 1 heterocycles. The molecule has 1 aromatic rings. The van der Waals surface area contributed by atoms with E-state index >= 15 is 0 Å². The van der Waals surface area contributed by atoms with E-state index in [4.69, 9.17) is 20.9 Å². The summed E-state index contributed by atoms with van der Waals surface area (Å²) in [6, 6.07) is 0.551. The average molecular weight is 341 g/mol. The highest BCUT2D eigenvalue weighted by Crippen LogP contribution is 2.18. The Morgan fingerprint density at radius 1 is 1.38 bits per heavy atom. The van der Waals surface area contributed by atoms with Crippen molar-refractivity contribution in [1.29, 1.82) is 0 Å². The molecule has 0 radical (unpaired) electrons. The van der Waals surface area contributed by atoms with Crippen molar-refractivity contribution in [1.82, 2.24) is 4.98 Å². The first-order chi connectivity index (χ1) is 8.99. The molecule has 1 aromatic heterocycles. The van der Waals surface area contributed by atoms with Crippen LogP contribution in [0.3, 0.4) is 0 Å². The van der Waals surface area contributed by atoms with Crippen LogP contribution in [0.25, 0.3) is 0 Å². The summed E-state index contributed by atoms with van der Waals surface area (Å²) >= 11 is 0. The summed E-state index contributed by atoms with van der Waals surface area (Å²) in [5, 5.41) is 2.50. The topological polar surface area (TPSA) is 130 Å². The van der Waals surface area contributed by atoms with Crippen LogP contribution in [0.5, 0.6) is 5.88 Å². The fourth-order valence-electron chi connectivity index (χ4n) is 1.35. The maximum Gasteiger partial charge on any atom is 0.254 e. The van der Waals surface area contributed by atoms with Crippen molar-refractivity contribution >= 4 is 42.3 Å². The van der Waals surface area contributed by atoms with Gasteiger partial charge in [-0.15, -0.1) is 24.8 Å². The van der Waals surface area contributed by atoms with Crippen LogP contribution in [0.2, 0.25) is 0 Å². The Hall–Kier alpha value is -1.61. The molecule has 21 heavy (non-hydrogen) atoms. The van der Waals surface area contributed by atoms with Crippen molar-refractivity contribution in [2.24, 2.45) is 11.5 Å². The third kappa shape index (κ3) is 6.13.